The average molecular weight is 840 g/mol. The quantitative estimate of drug-likeness (QED) is 0.143. The molecule has 6 heteroatoms. The average Bonchev–Trinajstić information content (AvgIpc) is 3.55. The fraction of sp³-hybridized carbons (Fsp3) is 0.273. The molecule has 50 heavy (non-hydrogen) atoms. The van der Waals surface area contributed by atoms with Crippen molar-refractivity contribution in [2.45, 2.75) is 73.6 Å². The van der Waals surface area contributed by atoms with E-state index in [1.165, 1.54) is 16.5 Å². The second kappa shape index (κ2) is 14.0. The minimum atomic E-state index is 0. The van der Waals surface area contributed by atoms with E-state index >= 15 is 0 Å². The number of pyridine rings is 1. The van der Waals surface area contributed by atoms with Crippen LogP contribution in [-0.4, -0.2) is 19.3 Å². The summed E-state index contributed by atoms with van der Waals surface area (Å²) in [6, 6.07) is 37.1. The van der Waals surface area contributed by atoms with E-state index in [1.54, 1.807) is 0 Å². The third kappa shape index (κ3) is 6.94. The van der Waals surface area contributed by atoms with Crippen molar-refractivity contribution in [1.82, 2.24) is 19.3 Å². The molecule has 0 aliphatic rings. The molecule has 3 aromatic heterocycles. The van der Waals surface area contributed by atoms with Crippen LogP contribution in [-0.2, 0) is 32.9 Å². The largest absolute Gasteiger partial charge is 2.00 e. The Hall–Kier alpha value is -4.47. The van der Waals surface area contributed by atoms with Crippen molar-refractivity contribution in [3.63, 3.8) is 0 Å². The van der Waals surface area contributed by atoms with Crippen LogP contribution in [0.15, 0.2) is 91.1 Å². The predicted octanol–water partition coefficient (Wildman–Crippen LogP) is 11.2. The van der Waals surface area contributed by atoms with Crippen molar-refractivity contribution in [2.75, 3.05) is 0 Å². The first-order valence-corrected chi connectivity index (χ1v) is 17.3. The van der Waals surface area contributed by atoms with Gasteiger partial charge in [0.2, 0.25) is 0 Å². The van der Waals surface area contributed by atoms with Crippen molar-refractivity contribution in [2.24, 2.45) is 5.92 Å². The molecule has 0 saturated heterocycles. The number of ether oxygens (including phenoxy) is 1. The molecular formula is C44H44N4OPt. The maximum atomic E-state index is 6.66. The zero-order chi connectivity index (χ0) is 34.4. The Labute approximate surface area is 310 Å². The molecule has 0 N–H and O–H groups in total. The summed E-state index contributed by atoms with van der Waals surface area (Å²) in [6.45, 7) is 17.6. The van der Waals surface area contributed by atoms with Gasteiger partial charge in [-0.25, -0.2) is 4.98 Å². The minimum absolute atomic E-state index is 0. The van der Waals surface area contributed by atoms with Crippen LogP contribution < -0.4 is 4.74 Å². The summed E-state index contributed by atoms with van der Waals surface area (Å²) in [6.07, 6.45) is 3.88. The third-order valence-electron chi connectivity index (χ3n) is 9.35. The Kier molecular flexibility index (Phi) is 9.93. The van der Waals surface area contributed by atoms with E-state index in [4.69, 9.17) is 14.8 Å². The molecule has 3 heterocycles. The molecule has 0 atom stereocenters. The Bertz CT molecular complexity index is 2310. The van der Waals surface area contributed by atoms with E-state index in [0.717, 1.165) is 68.8 Å². The second-order valence-corrected chi connectivity index (χ2v) is 14.7. The van der Waals surface area contributed by atoms with Gasteiger partial charge in [-0.3, -0.25) is 4.68 Å². The van der Waals surface area contributed by atoms with Crippen molar-refractivity contribution >= 4 is 21.8 Å². The smallest absolute Gasteiger partial charge is 0.509 e. The molecule has 4 aromatic carbocycles. The number of aromatic nitrogens is 4. The summed E-state index contributed by atoms with van der Waals surface area (Å²) >= 11 is 0. The molecule has 0 unspecified atom stereocenters. The summed E-state index contributed by atoms with van der Waals surface area (Å²) in [7, 11) is 0. The fourth-order valence-electron chi connectivity index (χ4n) is 6.70. The van der Waals surface area contributed by atoms with E-state index < -0.39 is 0 Å². The molecule has 0 amide bonds. The van der Waals surface area contributed by atoms with E-state index in [0.29, 0.717) is 17.4 Å². The summed E-state index contributed by atoms with van der Waals surface area (Å²) < 4.78 is 10.9. The standard InChI is InChI=1S/C44H44N4O.Pt/c1-28(2)14-15-32-23-35(48-31(5)43(30(4)46-48)33-12-10-9-11-13-33)26-37(24-32)49-36-17-18-38-39-25-34(44(6,7)8)16-19-40(39)47(41(38)27-36)42-22-29(3)20-21-45-42;/h9-13,16-25,28H,14-15H2,1-8H3;/q-2;+2. The van der Waals surface area contributed by atoms with Crippen LogP contribution in [0.5, 0.6) is 11.5 Å². The van der Waals surface area contributed by atoms with Crippen molar-refractivity contribution < 1.29 is 25.8 Å². The summed E-state index contributed by atoms with van der Waals surface area (Å²) in [4.78, 5) is 4.78. The molecule has 5 nitrogen and oxygen atoms in total. The van der Waals surface area contributed by atoms with Gasteiger partial charge in [0.15, 0.2) is 0 Å². The number of hydrogen-bond acceptors (Lipinski definition) is 3. The zero-order valence-electron chi connectivity index (χ0n) is 30.2. The maximum Gasteiger partial charge on any atom is 2.00 e. The first kappa shape index (κ1) is 35.4. The SMILES string of the molecule is Cc1ccnc(-n2c3[c-]c(Oc4[c-]c(-n5nc(C)c(-c6ccccc6)c5C)cc(CCC(C)C)c4)ccc3c3cc(C(C)(C)C)ccc32)c1.[Pt+2]. The van der Waals surface area contributed by atoms with Gasteiger partial charge in [0, 0.05) is 34.5 Å². The van der Waals surface area contributed by atoms with E-state index in [2.05, 4.69) is 139 Å². The van der Waals surface area contributed by atoms with Crippen LogP contribution in [0.1, 0.15) is 69.1 Å². The molecule has 0 saturated carbocycles. The van der Waals surface area contributed by atoms with E-state index in [1.807, 2.05) is 29.1 Å². The second-order valence-electron chi connectivity index (χ2n) is 14.7. The summed E-state index contributed by atoms with van der Waals surface area (Å²) in [5.41, 5.74) is 10.9. The molecule has 256 valence electrons. The summed E-state index contributed by atoms with van der Waals surface area (Å²) in [5, 5.41) is 7.29. The van der Waals surface area contributed by atoms with Crippen LogP contribution in [0.4, 0.5) is 0 Å². The van der Waals surface area contributed by atoms with Gasteiger partial charge in [0.1, 0.15) is 5.82 Å². The molecule has 7 aromatic rings. The van der Waals surface area contributed by atoms with Crippen molar-refractivity contribution in [1.29, 1.82) is 0 Å². The Balaban J connectivity index is 0.00000432. The molecule has 0 bridgehead atoms. The maximum absolute atomic E-state index is 6.66. The van der Waals surface area contributed by atoms with Crippen molar-refractivity contribution in [3.8, 4) is 34.1 Å². The van der Waals surface area contributed by atoms with Gasteiger partial charge in [-0.05, 0) is 84.5 Å². The van der Waals surface area contributed by atoms with Crippen LogP contribution in [0.25, 0.3) is 44.4 Å². The van der Waals surface area contributed by atoms with Gasteiger partial charge in [-0.15, -0.1) is 35.7 Å². The van der Waals surface area contributed by atoms with Gasteiger partial charge >= 0.3 is 21.1 Å². The molecule has 0 spiro atoms. The number of hydrogen-bond donors (Lipinski definition) is 0. The van der Waals surface area contributed by atoms with Gasteiger partial charge in [0.25, 0.3) is 0 Å². The topological polar surface area (TPSA) is 44.9 Å². The Morgan fingerprint density at radius 3 is 2.32 bits per heavy atom. The zero-order valence-corrected chi connectivity index (χ0v) is 32.4. The van der Waals surface area contributed by atoms with Gasteiger partial charge in [-0.2, -0.15) is 16.7 Å². The van der Waals surface area contributed by atoms with Crippen LogP contribution in [0.2, 0.25) is 0 Å². The third-order valence-corrected chi connectivity index (χ3v) is 9.35. The summed E-state index contributed by atoms with van der Waals surface area (Å²) in [5.74, 6) is 2.72. The van der Waals surface area contributed by atoms with Crippen LogP contribution in [0.3, 0.4) is 0 Å². The monoisotopic (exact) mass is 839 g/mol. The molecule has 0 aliphatic carbocycles. The number of nitrogens with zero attached hydrogens (tertiary/aromatic N) is 4. The first-order valence-electron chi connectivity index (χ1n) is 17.3. The molecule has 7 rings (SSSR count). The van der Waals surface area contributed by atoms with E-state index in [9.17, 15) is 0 Å². The van der Waals surface area contributed by atoms with Crippen LogP contribution >= 0.6 is 0 Å². The van der Waals surface area contributed by atoms with E-state index in [-0.39, 0.29) is 26.5 Å². The molecule has 0 fully saturated rings. The van der Waals surface area contributed by atoms with Gasteiger partial charge in [-0.1, -0.05) is 89.0 Å². The molecular weight excluding hydrogens is 796 g/mol. The Morgan fingerprint density at radius 1 is 0.820 bits per heavy atom. The fourth-order valence-corrected chi connectivity index (χ4v) is 6.70. The number of aryl methyl sites for hydroxylation is 3. The Morgan fingerprint density at radius 2 is 1.60 bits per heavy atom. The van der Waals surface area contributed by atoms with Crippen molar-refractivity contribution in [3.05, 3.63) is 131 Å². The number of rotatable bonds is 8. The van der Waals surface area contributed by atoms with Gasteiger partial charge in [0.05, 0.1) is 5.69 Å². The molecule has 0 aliphatic heterocycles. The minimum Gasteiger partial charge on any atom is -0.509 e. The van der Waals surface area contributed by atoms with Gasteiger partial charge < -0.3 is 9.30 Å². The normalized spacial score (nSPS) is 11.8. The van der Waals surface area contributed by atoms with Crippen LogP contribution in [0, 0.1) is 38.8 Å². The predicted molar refractivity (Wildman–Crippen MR) is 201 cm³/mol. The number of benzene rings is 4. The first-order chi connectivity index (χ1) is 23.5. The molecule has 0 radical (unpaired) electrons. The number of fused-ring (bicyclic) bond motifs is 3.